The molecule has 0 atom stereocenters. The molecule has 1 aromatic heterocycles. The number of aromatic nitrogens is 1. The molecule has 32 heavy (non-hydrogen) atoms. The Morgan fingerprint density at radius 2 is 1.84 bits per heavy atom. The third kappa shape index (κ3) is 8.47. The van der Waals surface area contributed by atoms with Gasteiger partial charge in [0.25, 0.3) is 0 Å². The van der Waals surface area contributed by atoms with Crippen molar-refractivity contribution in [3.63, 3.8) is 0 Å². The molecule has 0 fully saturated rings. The van der Waals surface area contributed by atoms with E-state index in [1.165, 1.54) is 18.0 Å². The highest BCUT2D eigenvalue weighted by molar-refractivity contribution is 8.00. The van der Waals surface area contributed by atoms with Crippen LogP contribution in [-0.4, -0.2) is 32.2 Å². The maximum atomic E-state index is 13.8. The number of anilines is 2. The van der Waals surface area contributed by atoms with Crippen molar-refractivity contribution in [1.29, 1.82) is 0 Å². The van der Waals surface area contributed by atoms with Crippen LogP contribution in [0.1, 0.15) is 20.8 Å². The van der Waals surface area contributed by atoms with Gasteiger partial charge in [-0.15, -0.1) is 0 Å². The molecule has 0 aliphatic carbocycles. The summed E-state index contributed by atoms with van der Waals surface area (Å²) in [6.45, 7) is 6.70. The Bertz CT molecular complexity index is 929. The molecule has 3 rings (SSSR count). The number of nitrogens with one attached hydrogen (secondary N) is 1. The highest BCUT2D eigenvalue weighted by Crippen LogP contribution is 2.38. The molecular weight excluding hydrogens is 429 g/mol. The Kier molecular flexibility index (Phi) is 13.0. The lowest BCUT2D eigenvalue weighted by Crippen LogP contribution is -2.14. The molecule has 172 valence electrons. The van der Waals surface area contributed by atoms with E-state index in [-0.39, 0.29) is 5.82 Å². The Balaban J connectivity index is 0.000000388. The molecule has 1 heterocycles. The Morgan fingerprint density at radius 1 is 1.09 bits per heavy atom. The summed E-state index contributed by atoms with van der Waals surface area (Å²) in [4.78, 5) is 14.2. The summed E-state index contributed by atoms with van der Waals surface area (Å²) in [5.41, 5.74) is 1.57. The van der Waals surface area contributed by atoms with E-state index in [1.54, 1.807) is 50.9 Å². The molecule has 1 amide bonds. The largest absolute Gasteiger partial charge is 0.497 e. The first-order chi connectivity index (χ1) is 15.6. The second-order valence-electron chi connectivity index (χ2n) is 5.76. The smallest absolute Gasteiger partial charge is 0.211 e. The topological polar surface area (TPSA) is 63.7 Å². The number of hydrogen-bond donors (Lipinski definition) is 1. The van der Waals surface area contributed by atoms with Crippen molar-refractivity contribution in [2.24, 2.45) is 0 Å². The van der Waals surface area contributed by atoms with Crippen molar-refractivity contribution >= 4 is 29.7 Å². The van der Waals surface area contributed by atoms with Crippen LogP contribution in [0.4, 0.5) is 15.8 Å². The molecule has 0 saturated carbocycles. The number of hydrogen-bond acceptors (Lipinski definition) is 6. The number of benzene rings is 2. The monoisotopic (exact) mass is 459 g/mol. The van der Waals surface area contributed by atoms with Crippen LogP contribution in [0.15, 0.2) is 71.9 Å². The van der Waals surface area contributed by atoms with Gasteiger partial charge < -0.3 is 19.1 Å². The van der Waals surface area contributed by atoms with E-state index >= 15 is 0 Å². The lowest BCUT2D eigenvalue weighted by molar-refractivity contribution is -0.105. The summed E-state index contributed by atoms with van der Waals surface area (Å²) >= 11 is 1.34. The van der Waals surface area contributed by atoms with Crippen LogP contribution in [-0.2, 0) is 4.79 Å². The van der Waals surface area contributed by atoms with Gasteiger partial charge in [0.1, 0.15) is 17.3 Å². The summed E-state index contributed by atoms with van der Waals surface area (Å²) in [6, 6.07) is 15.8. The van der Waals surface area contributed by atoms with E-state index in [4.69, 9.17) is 9.47 Å². The molecular formula is C24H30FN3O3S. The molecule has 8 heteroatoms. The second kappa shape index (κ2) is 15.5. The predicted octanol–water partition coefficient (Wildman–Crippen LogP) is 6.05. The molecule has 0 aliphatic rings. The predicted molar refractivity (Wildman–Crippen MR) is 130 cm³/mol. The van der Waals surface area contributed by atoms with Crippen LogP contribution in [0, 0.1) is 5.82 Å². The number of methoxy groups -OCH3 is 2. The summed E-state index contributed by atoms with van der Waals surface area (Å²) < 4.78 is 26.4. The molecule has 6 nitrogen and oxygen atoms in total. The Hall–Kier alpha value is -3.26. The molecule has 1 N–H and O–H groups in total. The Morgan fingerprint density at radius 3 is 2.41 bits per heavy atom. The van der Waals surface area contributed by atoms with Gasteiger partial charge in [-0.05, 0) is 55.3 Å². The van der Waals surface area contributed by atoms with Crippen molar-refractivity contribution in [3.8, 4) is 11.5 Å². The quantitative estimate of drug-likeness (QED) is 0.327. The first-order valence-corrected chi connectivity index (χ1v) is 10.9. The first-order valence-electron chi connectivity index (χ1n) is 10.1. The summed E-state index contributed by atoms with van der Waals surface area (Å²) in [5.74, 6) is 1.22. The number of carbonyl (C=O) groups excluding carboxylic acids is 1. The van der Waals surface area contributed by atoms with Crippen LogP contribution in [0.5, 0.6) is 11.5 Å². The molecule has 0 bridgehead atoms. The van der Waals surface area contributed by atoms with Crippen LogP contribution in [0.2, 0.25) is 0 Å². The zero-order chi connectivity index (χ0) is 23.8. The maximum absolute atomic E-state index is 13.8. The number of halogens is 1. The average Bonchev–Trinajstić information content (AvgIpc) is 2.85. The SMILES string of the molecule is CC.CCN(Sc1ccccc1F)c1cc(OC)ccc1OC.O=CNc1cccnc1. The highest BCUT2D eigenvalue weighted by Gasteiger charge is 2.15. The molecule has 0 aliphatic heterocycles. The van der Waals surface area contributed by atoms with Crippen molar-refractivity contribution in [2.45, 2.75) is 25.7 Å². The van der Waals surface area contributed by atoms with Gasteiger partial charge in [-0.25, -0.2) is 4.39 Å². The van der Waals surface area contributed by atoms with E-state index in [0.717, 1.165) is 17.2 Å². The average molecular weight is 460 g/mol. The summed E-state index contributed by atoms with van der Waals surface area (Å²) in [5, 5.41) is 2.46. The van der Waals surface area contributed by atoms with Crippen molar-refractivity contribution < 1.29 is 18.7 Å². The maximum Gasteiger partial charge on any atom is 0.211 e. The first kappa shape index (κ1) is 26.8. The number of pyridine rings is 1. The third-order valence-electron chi connectivity index (χ3n) is 3.87. The van der Waals surface area contributed by atoms with Crippen LogP contribution in [0.3, 0.4) is 0 Å². The van der Waals surface area contributed by atoms with Gasteiger partial charge in [-0.3, -0.25) is 9.78 Å². The number of amides is 1. The van der Waals surface area contributed by atoms with E-state index in [9.17, 15) is 9.18 Å². The van der Waals surface area contributed by atoms with E-state index < -0.39 is 0 Å². The van der Waals surface area contributed by atoms with Gasteiger partial charge in [-0.2, -0.15) is 0 Å². The lowest BCUT2D eigenvalue weighted by Gasteiger charge is -2.24. The zero-order valence-corrected chi connectivity index (χ0v) is 19.9. The number of ether oxygens (including phenoxy) is 2. The van der Waals surface area contributed by atoms with E-state index in [0.29, 0.717) is 23.5 Å². The fourth-order valence-electron chi connectivity index (χ4n) is 2.43. The molecule has 3 aromatic rings. The van der Waals surface area contributed by atoms with Gasteiger partial charge in [0.15, 0.2) is 0 Å². The lowest BCUT2D eigenvalue weighted by atomic mass is 10.2. The normalized spacial score (nSPS) is 9.31. The number of rotatable bonds is 8. The minimum absolute atomic E-state index is 0.234. The second-order valence-corrected chi connectivity index (χ2v) is 6.82. The van der Waals surface area contributed by atoms with Crippen LogP contribution in [0.25, 0.3) is 0 Å². The van der Waals surface area contributed by atoms with Crippen molar-refractivity contribution in [1.82, 2.24) is 4.98 Å². The van der Waals surface area contributed by atoms with Crippen LogP contribution >= 0.6 is 11.9 Å². The zero-order valence-electron chi connectivity index (χ0n) is 19.0. The van der Waals surface area contributed by atoms with E-state index in [1.807, 2.05) is 49.3 Å². The summed E-state index contributed by atoms with van der Waals surface area (Å²) in [7, 11) is 3.23. The van der Waals surface area contributed by atoms with Crippen LogP contribution < -0.4 is 19.1 Å². The third-order valence-corrected chi connectivity index (χ3v) is 5.08. The summed E-state index contributed by atoms with van der Waals surface area (Å²) in [6.07, 6.45) is 3.85. The Labute approximate surface area is 193 Å². The fourth-order valence-corrected chi connectivity index (χ4v) is 3.33. The molecule has 2 aromatic carbocycles. The number of carbonyl (C=O) groups is 1. The van der Waals surface area contributed by atoms with Crippen molar-refractivity contribution in [3.05, 3.63) is 72.8 Å². The molecule has 0 unspecified atom stereocenters. The van der Waals surface area contributed by atoms with Crippen molar-refractivity contribution in [2.75, 3.05) is 30.4 Å². The van der Waals surface area contributed by atoms with Gasteiger partial charge in [0, 0.05) is 18.8 Å². The van der Waals surface area contributed by atoms with Gasteiger partial charge >= 0.3 is 0 Å². The van der Waals surface area contributed by atoms with Gasteiger partial charge in [-0.1, -0.05) is 26.0 Å². The van der Waals surface area contributed by atoms with Gasteiger partial charge in [0.05, 0.1) is 36.7 Å². The standard InChI is InChI=1S/C16H18FNO2S.C6H6N2O.C2H6/c1-4-18(21-16-8-6-5-7-13(16)17)14-11-12(19-2)9-10-15(14)20-3;9-5-8-6-2-1-3-7-4-6;1-2/h5-11H,4H2,1-3H3;1-5H,(H,8,9);1-2H3. The molecule has 0 radical (unpaired) electrons. The van der Waals surface area contributed by atoms with Gasteiger partial charge in [0.2, 0.25) is 6.41 Å². The van der Waals surface area contributed by atoms with E-state index in [2.05, 4.69) is 10.3 Å². The number of nitrogens with zero attached hydrogens (tertiary/aromatic N) is 2. The molecule has 0 saturated heterocycles. The highest BCUT2D eigenvalue weighted by atomic mass is 32.2. The fraction of sp³-hybridized carbons (Fsp3) is 0.250. The minimum atomic E-state index is -0.234. The molecule has 0 spiro atoms. The minimum Gasteiger partial charge on any atom is -0.497 e.